The SMILES string of the molecule is CCN(CC)CC=S. The Morgan fingerprint density at radius 3 is 2.00 bits per heavy atom. The van der Waals surface area contributed by atoms with Crippen LogP contribution in [-0.2, 0) is 0 Å². The lowest BCUT2D eigenvalue weighted by atomic mass is 10.5. The topological polar surface area (TPSA) is 3.24 Å². The number of hydrogen-bond donors (Lipinski definition) is 0. The summed E-state index contributed by atoms with van der Waals surface area (Å²) in [5, 5.41) is 1.77. The molecule has 0 atom stereocenters. The summed E-state index contributed by atoms with van der Waals surface area (Å²) < 4.78 is 0. The van der Waals surface area contributed by atoms with E-state index in [1.165, 1.54) is 0 Å². The molecule has 0 amide bonds. The Kier molecular flexibility index (Phi) is 5.22. The summed E-state index contributed by atoms with van der Waals surface area (Å²) in [6, 6.07) is 0. The van der Waals surface area contributed by atoms with Crippen molar-refractivity contribution in [3.05, 3.63) is 0 Å². The van der Waals surface area contributed by atoms with Gasteiger partial charge in [-0.2, -0.15) is 0 Å². The predicted octanol–water partition coefficient (Wildman–Crippen LogP) is 1.33. The molecule has 0 aliphatic heterocycles. The first-order valence-corrected chi connectivity index (χ1v) is 3.48. The standard InChI is InChI=1S/C6H13NS/c1-3-7(4-2)5-6-8/h6H,3-5H2,1-2H3. The van der Waals surface area contributed by atoms with Crippen LogP contribution in [0.25, 0.3) is 0 Å². The zero-order valence-corrected chi connectivity index (χ0v) is 6.37. The molecule has 2 heteroatoms. The van der Waals surface area contributed by atoms with Crippen LogP contribution < -0.4 is 0 Å². The largest absolute Gasteiger partial charge is 0.299 e. The Morgan fingerprint density at radius 2 is 1.88 bits per heavy atom. The second kappa shape index (κ2) is 5.19. The highest BCUT2D eigenvalue weighted by Gasteiger charge is 1.91. The molecule has 0 bridgehead atoms. The molecule has 48 valence electrons. The van der Waals surface area contributed by atoms with Crippen molar-refractivity contribution in [2.75, 3.05) is 19.6 Å². The van der Waals surface area contributed by atoms with Crippen LogP contribution in [-0.4, -0.2) is 29.9 Å². The third kappa shape index (κ3) is 3.10. The zero-order valence-electron chi connectivity index (χ0n) is 5.55. The van der Waals surface area contributed by atoms with E-state index in [1.807, 2.05) is 0 Å². The van der Waals surface area contributed by atoms with Crippen LogP contribution in [0.2, 0.25) is 0 Å². The van der Waals surface area contributed by atoms with Gasteiger partial charge in [0.2, 0.25) is 0 Å². The summed E-state index contributed by atoms with van der Waals surface area (Å²) >= 11 is 4.69. The van der Waals surface area contributed by atoms with Crippen LogP contribution >= 0.6 is 12.2 Å². The summed E-state index contributed by atoms with van der Waals surface area (Å²) in [6.07, 6.45) is 0. The van der Waals surface area contributed by atoms with E-state index in [-0.39, 0.29) is 0 Å². The second-order valence-corrected chi connectivity index (χ2v) is 1.99. The van der Waals surface area contributed by atoms with E-state index in [0.717, 1.165) is 19.6 Å². The van der Waals surface area contributed by atoms with Crippen LogP contribution in [0.5, 0.6) is 0 Å². The van der Waals surface area contributed by atoms with Gasteiger partial charge < -0.3 is 0 Å². The smallest absolute Gasteiger partial charge is 0.0266 e. The number of thiocarbonyl (C=S) groups is 1. The van der Waals surface area contributed by atoms with Crippen LogP contribution in [0.15, 0.2) is 0 Å². The molecule has 0 radical (unpaired) electrons. The molecule has 0 aromatic heterocycles. The third-order valence-electron chi connectivity index (χ3n) is 1.23. The molecule has 0 aromatic rings. The molecule has 0 N–H and O–H groups in total. The molecular weight excluding hydrogens is 118 g/mol. The summed E-state index contributed by atoms with van der Waals surface area (Å²) in [7, 11) is 0. The molecule has 0 rings (SSSR count). The predicted molar refractivity (Wildman–Crippen MR) is 41.4 cm³/mol. The highest BCUT2D eigenvalue weighted by atomic mass is 32.1. The lowest BCUT2D eigenvalue weighted by molar-refractivity contribution is 0.351. The summed E-state index contributed by atoms with van der Waals surface area (Å²) in [4.78, 5) is 2.27. The van der Waals surface area contributed by atoms with Gasteiger partial charge >= 0.3 is 0 Å². The van der Waals surface area contributed by atoms with E-state index < -0.39 is 0 Å². The van der Waals surface area contributed by atoms with Gasteiger partial charge in [0, 0.05) is 6.54 Å². The van der Waals surface area contributed by atoms with E-state index in [9.17, 15) is 0 Å². The minimum absolute atomic E-state index is 0.947. The van der Waals surface area contributed by atoms with Gasteiger partial charge in [-0.15, -0.1) is 0 Å². The molecule has 0 heterocycles. The second-order valence-electron chi connectivity index (χ2n) is 1.65. The van der Waals surface area contributed by atoms with Crippen LogP contribution in [0.3, 0.4) is 0 Å². The Balaban J connectivity index is 3.20. The molecule has 8 heavy (non-hydrogen) atoms. The van der Waals surface area contributed by atoms with Gasteiger partial charge in [0.05, 0.1) is 0 Å². The molecule has 0 saturated heterocycles. The van der Waals surface area contributed by atoms with Gasteiger partial charge in [-0.05, 0) is 18.5 Å². The summed E-state index contributed by atoms with van der Waals surface area (Å²) in [5.41, 5.74) is 0. The first-order chi connectivity index (χ1) is 3.85. The maximum Gasteiger partial charge on any atom is 0.0266 e. The number of hydrogen-bond acceptors (Lipinski definition) is 2. The van der Waals surface area contributed by atoms with E-state index >= 15 is 0 Å². The van der Waals surface area contributed by atoms with Gasteiger partial charge in [0.1, 0.15) is 0 Å². The first-order valence-electron chi connectivity index (χ1n) is 3.01. The Labute approximate surface area is 56.7 Å². The average molecular weight is 131 g/mol. The number of rotatable bonds is 4. The van der Waals surface area contributed by atoms with Crippen molar-refractivity contribution in [1.29, 1.82) is 0 Å². The molecule has 0 aromatic carbocycles. The Morgan fingerprint density at radius 1 is 1.38 bits per heavy atom. The zero-order chi connectivity index (χ0) is 6.41. The molecular formula is C6H13NS. The third-order valence-corrected chi connectivity index (χ3v) is 1.38. The van der Waals surface area contributed by atoms with E-state index in [4.69, 9.17) is 12.2 Å². The van der Waals surface area contributed by atoms with Gasteiger partial charge in [-0.25, -0.2) is 0 Å². The van der Waals surface area contributed by atoms with Gasteiger partial charge in [-0.3, -0.25) is 4.90 Å². The fourth-order valence-electron chi connectivity index (χ4n) is 0.587. The normalized spacial score (nSPS) is 9.88. The molecule has 0 aliphatic carbocycles. The lowest BCUT2D eigenvalue weighted by Gasteiger charge is -2.13. The average Bonchev–Trinajstić information content (AvgIpc) is 1.83. The lowest BCUT2D eigenvalue weighted by Crippen LogP contribution is -2.24. The Hall–Kier alpha value is 0.0500. The molecule has 0 saturated carbocycles. The van der Waals surface area contributed by atoms with Crippen molar-refractivity contribution in [2.24, 2.45) is 0 Å². The highest BCUT2D eigenvalue weighted by molar-refractivity contribution is 7.79. The van der Waals surface area contributed by atoms with E-state index in [2.05, 4.69) is 18.7 Å². The van der Waals surface area contributed by atoms with Crippen LogP contribution in [0.1, 0.15) is 13.8 Å². The van der Waals surface area contributed by atoms with Crippen molar-refractivity contribution in [3.8, 4) is 0 Å². The molecule has 0 unspecified atom stereocenters. The molecule has 0 fully saturated rings. The molecule has 1 nitrogen and oxygen atoms in total. The minimum atomic E-state index is 0.947. The van der Waals surface area contributed by atoms with Crippen molar-refractivity contribution < 1.29 is 0 Å². The minimum Gasteiger partial charge on any atom is -0.299 e. The van der Waals surface area contributed by atoms with Crippen molar-refractivity contribution in [3.63, 3.8) is 0 Å². The molecule has 0 aliphatic rings. The highest BCUT2D eigenvalue weighted by Crippen LogP contribution is 1.81. The fourth-order valence-corrected chi connectivity index (χ4v) is 0.798. The van der Waals surface area contributed by atoms with Crippen molar-refractivity contribution in [1.82, 2.24) is 4.90 Å². The van der Waals surface area contributed by atoms with Crippen LogP contribution in [0.4, 0.5) is 0 Å². The first kappa shape index (κ1) is 8.05. The molecule has 0 spiro atoms. The Bertz CT molecular complexity index is 59.5. The monoisotopic (exact) mass is 131 g/mol. The van der Waals surface area contributed by atoms with E-state index in [0.29, 0.717) is 0 Å². The maximum atomic E-state index is 4.69. The summed E-state index contributed by atoms with van der Waals surface area (Å²) in [5.74, 6) is 0. The quantitative estimate of drug-likeness (QED) is 0.529. The van der Waals surface area contributed by atoms with Crippen molar-refractivity contribution >= 4 is 17.6 Å². The van der Waals surface area contributed by atoms with Crippen LogP contribution in [0, 0.1) is 0 Å². The van der Waals surface area contributed by atoms with E-state index in [1.54, 1.807) is 5.37 Å². The summed E-state index contributed by atoms with van der Waals surface area (Å²) in [6.45, 7) is 7.43. The maximum absolute atomic E-state index is 4.69. The fraction of sp³-hybridized carbons (Fsp3) is 0.833. The van der Waals surface area contributed by atoms with Gasteiger partial charge in [-0.1, -0.05) is 26.1 Å². The van der Waals surface area contributed by atoms with Crippen molar-refractivity contribution in [2.45, 2.75) is 13.8 Å². The van der Waals surface area contributed by atoms with Gasteiger partial charge in [0.15, 0.2) is 0 Å². The number of nitrogens with zero attached hydrogens (tertiary/aromatic N) is 1. The van der Waals surface area contributed by atoms with Gasteiger partial charge in [0.25, 0.3) is 0 Å².